The Kier molecular flexibility index (Phi) is 6.55. The van der Waals surface area contributed by atoms with Gasteiger partial charge in [0.25, 0.3) is 5.91 Å². The molecule has 3 aromatic heterocycles. The van der Waals surface area contributed by atoms with Crippen LogP contribution in [-0.2, 0) is 5.75 Å². The Hall–Kier alpha value is -3.69. The minimum Gasteiger partial charge on any atom is -0.461 e. The van der Waals surface area contributed by atoms with E-state index in [0.29, 0.717) is 23.0 Å². The van der Waals surface area contributed by atoms with Crippen molar-refractivity contribution in [3.05, 3.63) is 101 Å². The van der Waals surface area contributed by atoms with Gasteiger partial charge in [-0.3, -0.25) is 9.36 Å². The fourth-order valence-corrected chi connectivity index (χ4v) is 5.19. The molecule has 5 aromatic rings. The Balaban J connectivity index is 1.30. The number of furan rings is 1. The molecule has 5 rings (SSSR count). The highest BCUT2D eigenvalue weighted by molar-refractivity contribution is 7.98. The number of aromatic nitrogens is 4. The molecule has 0 spiro atoms. The lowest BCUT2D eigenvalue weighted by Gasteiger charge is -2.13. The average Bonchev–Trinajstić information content (AvgIpc) is 3.64. The van der Waals surface area contributed by atoms with Crippen molar-refractivity contribution >= 4 is 29.0 Å². The smallest absolute Gasteiger partial charge is 0.271 e. The van der Waals surface area contributed by atoms with Crippen LogP contribution in [0.2, 0.25) is 0 Å². The van der Waals surface area contributed by atoms with Gasteiger partial charge in [-0.2, -0.15) is 0 Å². The van der Waals surface area contributed by atoms with E-state index in [1.807, 2.05) is 84.3 Å². The fourth-order valence-electron chi connectivity index (χ4n) is 3.44. The first-order chi connectivity index (χ1) is 16.7. The van der Waals surface area contributed by atoms with Crippen LogP contribution in [0.4, 0.5) is 0 Å². The van der Waals surface area contributed by atoms with Crippen molar-refractivity contribution in [2.75, 3.05) is 0 Å². The van der Waals surface area contributed by atoms with Crippen molar-refractivity contribution in [3.8, 4) is 17.3 Å². The minimum atomic E-state index is -0.184. The van der Waals surface area contributed by atoms with Crippen LogP contribution < -0.4 is 5.32 Å². The van der Waals surface area contributed by atoms with Gasteiger partial charge in [-0.25, -0.2) is 4.98 Å². The summed E-state index contributed by atoms with van der Waals surface area (Å²) in [4.78, 5) is 17.2. The molecule has 170 valence electrons. The van der Waals surface area contributed by atoms with Crippen LogP contribution in [0.3, 0.4) is 0 Å². The minimum absolute atomic E-state index is 0.0994. The molecule has 1 N–H and O–H groups in total. The van der Waals surface area contributed by atoms with E-state index in [1.165, 1.54) is 23.1 Å². The maximum absolute atomic E-state index is 12.7. The van der Waals surface area contributed by atoms with E-state index >= 15 is 0 Å². The van der Waals surface area contributed by atoms with Gasteiger partial charge in [0.1, 0.15) is 10.7 Å². The van der Waals surface area contributed by atoms with Gasteiger partial charge in [0.15, 0.2) is 10.9 Å². The van der Waals surface area contributed by atoms with Crippen LogP contribution in [0.1, 0.15) is 34.0 Å². The lowest BCUT2D eigenvalue weighted by Crippen LogP contribution is -2.26. The Morgan fingerprint density at radius 2 is 1.82 bits per heavy atom. The highest BCUT2D eigenvalue weighted by atomic mass is 32.2. The molecule has 34 heavy (non-hydrogen) atoms. The van der Waals surface area contributed by atoms with Gasteiger partial charge >= 0.3 is 0 Å². The van der Waals surface area contributed by atoms with Crippen LogP contribution in [0.5, 0.6) is 0 Å². The first-order valence-electron chi connectivity index (χ1n) is 10.7. The van der Waals surface area contributed by atoms with Gasteiger partial charge in [0.05, 0.1) is 18.1 Å². The summed E-state index contributed by atoms with van der Waals surface area (Å²) in [6.07, 6.45) is 1.62. The van der Waals surface area contributed by atoms with Crippen molar-refractivity contribution in [2.24, 2.45) is 0 Å². The lowest BCUT2D eigenvalue weighted by atomic mass is 10.1. The van der Waals surface area contributed by atoms with Crippen molar-refractivity contribution in [1.82, 2.24) is 25.1 Å². The van der Waals surface area contributed by atoms with E-state index < -0.39 is 0 Å². The number of thioether (sulfide) groups is 1. The number of hydrogen-bond donors (Lipinski definition) is 1. The topological polar surface area (TPSA) is 85.8 Å². The molecule has 1 amide bonds. The SMILES string of the molecule is CC(NC(=O)c1csc(CSc2nnc(-c3ccco3)n2-c2ccccc2)n1)c1ccccc1. The average molecular weight is 488 g/mol. The highest BCUT2D eigenvalue weighted by Crippen LogP contribution is 2.30. The predicted octanol–water partition coefficient (Wildman–Crippen LogP) is 5.77. The van der Waals surface area contributed by atoms with Crippen LogP contribution in [0.25, 0.3) is 17.3 Å². The second kappa shape index (κ2) is 10.1. The summed E-state index contributed by atoms with van der Waals surface area (Å²) in [5.74, 6) is 1.66. The summed E-state index contributed by atoms with van der Waals surface area (Å²) in [6, 6.07) is 23.4. The molecule has 0 saturated heterocycles. The van der Waals surface area contributed by atoms with Gasteiger partial charge in [-0.1, -0.05) is 60.3 Å². The molecule has 0 bridgehead atoms. The van der Waals surface area contributed by atoms with Crippen molar-refractivity contribution in [3.63, 3.8) is 0 Å². The van der Waals surface area contributed by atoms with Crippen LogP contribution in [-0.4, -0.2) is 25.7 Å². The van der Waals surface area contributed by atoms with Gasteiger partial charge in [0.2, 0.25) is 5.82 Å². The maximum Gasteiger partial charge on any atom is 0.271 e. The summed E-state index contributed by atoms with van der Waals surface area (Å²) in [6.45, 7) is 1.96. The zero-order valence-electron chi connectivity index (χ0n) is 18.3. The standard InChI is InChI=1S/C25H21N5O2S2/c1-17(18-9-4-2-5-10-18)26-24(31)20-15-33-22(27-20)16-34-25-29-28-23(21-13-8-14-32-21)30(25)19-11-6-3-7-12-19/h2-15,17H,16H2,1H3,(H,26,31). The molecule has 0 aliphatic carbocycles. The zero-order chi connectivity index (χ0) is 23.3. The summed E-state index contributed by atoms with van der Waals surface area (Å²) >= 11 is 2.97. The van der Waals surface area contributed by atoms with Crippen LogP contribution in [0.15, 0.2) is 94.0 Å². The van der Waals surface area contributed by atoms with E-state index in [4.69, 9.17) is 4.42 Å². The second-order valence-electron chi connectivity index (χ2n) is 7.48. The Bertz CT molecular complexity index is 1370. The van der Waals surface area contributed by atoms with Gasteiger partial charge in [-0.05, 0) is 36.8 Å². The second-order valence-corrected chi connectivity index (χ2v) is 9.36. The van der Waals surface area contributed by atoms with Crippen molar-refractivity contribution in [1.29, 1.82) is 0 Å². The third kappa shape index (κ3) is 4.80. The summed E-state index contributed by atoms with van der Waals surface area (Å²) in [7, 11) is 0. The Morgan fingerprint density at radius 1 is 1.06 bits per heavy atom. The van der Waals surface area contributed by atoms with Gasteiger partial charge in [0, 0.05) is 11.1 Å². The number of amides is 1. The van der Waals surface area contributed by atoms with E-state index in [9.17, 15) is 4.79 Å². The Labute approximate surface area is 204 Å². The molecule has 0 aliphatic rings. The third-order valence-electron chi connectivity index (χ3n) is 5.15. The monoisotopic (exact) mass is 487 g/mol. The molecule has 2 aromatic carbocycles. The number of thiazole rings is 1. The molecular weight excluding hydrogens is 466 g/mol. The first-order valence-corrected chi connectivity index (χ1v) is 12.5. The molecule has 1 atom stereocenters. The number of nitrogens with one attached hydrogen (secondary N) is 1. The summed E-state index contributed by atoms with van der Waals surface area (Å²) in [5.41, 5.74) is 2.41. The molecule has 0 aliphatic heterocycles. The number of nitrogens with zero attached hydrogens (tertiary/aromatic N) is 4. The van der Waals surface area contributed by atoms with Gasteiger partial charge < -0.3 is 9.73 Å². The molecule has 0 saturated carbocycles. The summed E-state index contributed by atoms with van der Waals surface area (Å²) < 4.78 is 7.53. The number of rotatable bonds is 8. The molecule has 0 fully saturated rings. The predicted molar refractivity (Wildman–Crippen MR) is 133 cm³/mol. The van der Waals surface area contributed by atoms with E-state index in [-0.39, 0.29) is 11.9 Å². The highest BCUT2D eigenvalue weighted by Gasteiger charge is 2.19. The number of carbonyl (C=O) groups excluding carboxylic acids is 1. The fraction of sp³-hybridized carbons (Fsp3) is 0.120. The molecule has 9 heteroatoms. The van der Waals surface area contributed by atoms with Crippen LogP contribution >= 0.6 is 23.1 Å². The molecule has 7 nitrogen and oxygen atoms in total. The summed E-state index contributed by atoms with van der Waals surface area (Å²) in [5, 5.41) is 15.1. The van der Waals surface area contributed by atoms with E-state index in [2.05, 4.69) is 20.5 Å². The molecular formula is C25H21N5O2S2. The van der Waals surface area contributed by atoms with E-state index in [1.54, 1.807) is 11.6 Å². The quantitative estimate of drug-likeness (QED) is 0.280. The number of para-hydroxylation sites is 1. The molecule has 1 unspecified atom stereocenters. The number of hydrogen-bond acceptors (Lipinski definition) is 7. The number of benzene rings is 2. The van der Waals surface area contributed by atoms with Crippen molar-refractivity contribution < 1.29 is 9.21 Å². The first kappa shape index (κ1) is 22.1. The van der Waals surface area contributed by atoms with Crippen molar-refractivity contribution in [2.45, 2.75) is 23.9 Å². The number of carbonyl (C=O) groups is 1. The maximum atomic E-state index is 12.7. The van der Waals surface area contributed by atoms with E-state index in [0.717, 1.165) is 21.4 Å². The molecule has 0 radical (unpaired) electrons. The van der Waals surface area contributed by atoms with Gasteiger partial charge in [-0.15, -0.1) is 21.5 Å². The lowest BCUT2D eigenvalue weighted by molar-refractivity contribution is 0.0935. The normalized spacial score (nSPS) is 11.9. The van der Waals surface area contributed by atoms with Crippen LogP contribution in [0, 0.1) is 0 Å². The Morgan fingerprint density at radius 3 is 2.56 bits per heavy atom. The third-order valence-corrected chi connectivity index (χ3v) is 7.12. The largest absolute Gasteiger partial charge is 0.461 e. The zero-order valence-corrected chi connectivity index (χ0v) is 19.9. The molecule has 3 heterocycles.